The Hall–Kier alpha value is -1.44. The van der Waals surface area contributed by atoms with Gasteiger partial charge in [0.05, 0.1) is 0 Å². The van der Waals surface area contributed by atoms with Gasteiger partial charge in [0.2, 0.25) is 0 Å². The summed E-state index contributed by atoms with van der Waals surface area (Å²) in [4.78, 5) is 4.70. The lowest BCUT2D eigenvalue weighted by atomic mass is 9.91. The summed E-state index contributed by atoms with van der Waals surface area (Å²) in [5.74, 6) is 0.680. The third-order valence-corrected chi connectivity index (χ3v) is 3.49. The van der Waals surface area contributed by atoms with Gasteiger partial charge in [-0.3, -0.25) is 0 Å². The molecule has 0 bridgehead atoms. The van der Waals surface area contributed by atoms with E-state index < -0.39 is 0 Å². The molecule has 0 fully saturated rings. The number of hydrogen-bond acceptors (Lipinski definition) is 2. The Labute approximate surface area is 90.8 Å². The van der Waals surface area contributed by atoms with Crippen LogP contribution in [0.15, 0.2) is 36.7 Å². The van der Waals surface area contributed by atoms with Gasteiger partial charge in [0.15, 0.2) is 0 Å². The maximum absolute atomic E-state index is 2.39. The highest BCUT2D eigenvalue weighted by Gasteiger charge is 2.35. The lowest BCUT2D eigenvalue weighted by Gasteiger charge is -2.40. The van der Waals surface area contributed by atoms with Crippen molar-refractivity contribution in [2.75, 3.05) is 11.9 Å². The van der Waals surface area contributed by atoms with E-state index in [1.165, 1.54) is 17.7 Å². The SMILES string of the molecule is CC1Cc2ccccc2N2C=CN(C)C12. The van der Waals surface area contributed by atoms with E-state index in [4.69, 9.17) is 0 Å². The zero-order chi connectivity index (χ0) is 10.4. The highest BCUT2D eigenvalue weighted by atomic mass is 15.4. The molecule has 2 aliphatic rings. The second-order valence-corrected chi connectivity index (χ2v) is 4.59. The van der Waals surface area contributed by atoms with Crippen LogP contribution in [0.25, 0.3) is 0 Å². The molecule has 2 atom stereocenters. The number of fused-ring (bicyclic) bond motifs is 3. The molecule has 78 valence electrons. The lowest BCUT2D eigenvalue weighted by Crippen LogP contribution is -2.45. The van der Waals surface area contributed by atoms with Crippen molar-refractivity contribution in [3.8, 4) is 0 Å². The monoisotopic (exact) mass is 200 g/mol. The van der Waals surface area contributed by atoms with E-state index in [1.807, 2.05) is 0 Å². The smallest absolute Gasteiger partial charge is 0.108 e. The highest BCUT2D eigenvalue weighted by Crippen LogP contribution is 2.37. The van der Waals surface area contributed by atoms with E-state index in [-0.39, 0.29) is 0 Å². The molecule has 2 unspecified atom stereocenters. The average molecular weight is 200 g/mol. The Balaban J connectivity index is 2.09. The average Bonchev–Trinajstić information content (AvgIpc) is 2.62. The van der Waals surface area contributed by atoms with Gasteiger partial charge in [-0.2, -0.15) is 0 Å². The van der Waals surface area contributed by atoms with Gasteiger partial charge in [0.1, 0.15) is 6.17 Å². The first-order valence-electron chi connectivity index (χ1n) is 5.54. The lowest BCUT2D eigenvalue weighted by molar-refractivity contribution is 0.259. The Kier molecular flexibility index (Phi) is 1.78. The van der Waals surface area contributed by atoms with Crippen LogP contribution in [0.5, 0.6) is 0 Å². The van der Waals surface area contributed by atoms with E-state index in [0.717, 1.165) is 0 Å². The van der Waals surface area contributed by atoms with Gasteiger partial charge in [-0.15, -0.1) is 0 Å². The van der Waals surface area contributed by atoms with Crippen molar-refractivity contribution in [1.29, 1.82) is 0 Å². The highest BCUT2D eigenvalue weighted by molar-refractivity contribution is 5.60. The van der Waals surface area contributed by atoms with Crippen molar-refractivity contribution in [3.05, 3.63) is 42.2 Å². The normalized spacial score (nSPS) is 27.9. The predicted molar refractivity (Wildman–Crippen MR) is 62.5 cm³/mol. The Bertz CT molecular complexity index is 411. The van der Waals surface area contributed by atoms with Crippen LogP contribution in [0.3, 0.4) is 0 Å². The summed E-state index contributed by atoms with van der Waals surface area (Å²) in [5.41, 5.74) is 2.85. The van der Waals surface area contributed by atoms with Gasteiger partial charge >= 0.3 is 0 Å². The van der Waals surface area contributed by atoms with Crippen molar-refractivity contribution in [3.63, 3.8) is 0 Å². The third-order valence-electron chi connectivity index (χ3n) is 3.49. The van der Waals surface area contributed by atoms with E-state index in [1.54, 1.807) is 0 Å². The van der Waals surface area contributed by atoms with Gasteiger partial charge in [-0.05, 0) is 24.0 Å². The minimum absolute atomic E-state index is 0.514. The molecule has 0 amide bonds. The minimum atomic E-state index is 0.514. The van der Waals surface area contributed by atoms with Crippen molar-refractivity contribution >= 4 is 5.69 Å². The molecule has 0 spiro atoms. The molecule has 2 heterocycles. The molecule has 1 aromatic carbocycles. The van der Waals surface area contributed by atoms with E-state index in [9.17, 15) is 0 Å². The quantitative estimate of drug-likeness (QED) is 0.634. The number of nitrogens with zero attached hydrogens (tertiary/aromatic N) is 2. The molecule has 0 saturated heterocycles. The van der Waals surface area contributed by atoms with Crippen LogP contribution in [-0.4, -0.2) is 18.1 Å². The van der Waals surface area contributed by atoms with Crippen LogP contribution < -0.4 is 4.90 Å². The summed E-state index contributed by atoms with van der Waals surface area (Å²) < 4.78 is 0. The number of rotatable bonds is 0. The molecule has 2 aliphatic heterocycles. The van der Waals surface area contributed by atoms with Crippen molar-refractivity contribution in [2.45, 2.75) is 19.5 Å². The molecular formula is C13H16N2. The third kappa shape index (κ3) is 1.17. The van der Waals surface area contributed by atoms with E-state index >= 15 is 0 Å². The van der Waals surface area contributed by atoms with Gasteiger partial charge in [-0.25, -0.2) is 0 Å². The maximum atomic E-state index is 2.39. The Morgan fingerprint density at radius 3 is 2.87 bits per heavy atom. The first kappa shape index (κ1) is 8.84. The molecule has 1 aromatic rings. The molecule has 2 heteroatoms. The number of hydrogen-bond donors (Lipinski definition) is 0. The fraction of sp³-hybridized carbons (Fsp3) is 0.385. The largest absolute Gasteiger partial charge is 0.359 e. The number of benzene rings is 1. The van der Waals surface area contributed by atoms with Gasteiger partial charge in [0, 0.05) is 25.1 Å². The summed E-state index contributed by atoms with van der Waals surface area (Å²) in [6, 6.07) is 8.72. The van der Waals surface area contributed by atoms with Crippen LogP contribution in [0.2, 0.25) is 0 Å². The molecule has 3 rings (SSSR count). The molecule has 0 aliphatic carbocycles. The van der Waals surface area contributed by atoms with Crippen LogP contribution >= 0.6 is 0 Å². The van der Waals surface area contributed by atoms with Crippen LogP contribution in [0.4, 0.5) is 5.69 Å². The zero-order valence-electron chi connectivity index (χ0n) is 9.22. The molecule has 0 radical (unpaired) electrons. The van der Waals surface area contributed by atoms with Crippen molar-refractivity contribution in [1.82, 2.24) is 4.90 Å². The van der Waals surface area contributed by atoms with Gasteiger partial charge in [-0.1, -0.05) is 25.1 Å². The molecule has 2 nitrogen and oxygen atoms in total. The first-order valence-corrected chi connectivity index (χ1v) is 5.54. The van der Waals surface area contributed by atoms with Crippen molar-refractivity contribution < 1.29 is 0 Å². The van der Waals surface area contributed by atoms with Crippen LogP contribution in [0.1, 0.15) is 12.5 Å². The summed E-state index contributed by atoms with van der Waals surface area (Å²) in [7, 11) is 2.16. The summed E-state index contributed by atoms with van der Waals surface area (Å²) in [6.45, 7) is 2.33. The van der Waals surface area contributed by atoms with Gasteiger partial charge in [0.25, 0.3) is 0 Å². The Morgan fingerprint density at radius 1 is 1.20 bits per heavy atom. The molecule has 0 aromatic heterocycles. The zero-order valence-corrected chi connectivity index (χ0v) is 9.22. The minimum Gasteiger partial charge on any atom is -0.359 e. The second-order valence-electron chi connectivity index (χ2n) is 4.59. The fourth-order valence-corrected chi connectivity index (χ4v) is 2.84. The van der Waals surface area contributed by atoms with Gasteiger partial charge < -0.3 is 9.80 Å². The van der Waals surface area contributed by atoms with E-state index in [2.05, 4.69) is 60.4 Å². The van der Waals surface area contributed by atoms with Crippen LogP contribution in [-0.2, 0) is 6.42 Å². The second kappa shape index (κ2) is 3.02. The molecule has 0 N–H and O–H groups in total. The standard InChI is InChI=1S/C13H16N2/c1-10-9-11-5-3-4-6-12(11)15-8-7-14(2)13(10)15/h3-8,10,13H,9H2,1-2H3. The van der Waals surface area contributed by atoms with Crippen LogP contribution in [0, 0.1) is 5.92 Å². The Morgan fingerprint density at radius 2 is 2.00 bits per heavy atom. The number of anilines is 1. The number of para-hydroxylation sites is 1. The maximum Gasteiger partial charge on any atom is 0.108 e. The summed E-state index contributed by atoms with van der Waals surface area (Å²) in [5, 5.41) is 0. The topological polar surface area (TPSA) is 6.48 Å². The predicted octanol–water partition coefficient (Wildman–Crippen LogP) is 2.43. The first-order chi connectivity index (χ1) is 7.27. The molecule has 15 heavy (non-hydrogen) atoms. The molecular weight excluding hydrogens is 184 g/mol. The summed E-state index contributed by atoms with van der Waals surface area (Å²) >= 11 is 0. The van der Waals surface area contributed by atoms with E-state index in [0.29, 0.717) is 12.1 Å². The fourth-order valence-electron chi connectivity index (χ4n) is 2.84. The molecule has 0 saturated carbocycles. The van der Waals surface area contributed by atoms with Crippen molar-refractivity contribution in [2.24, 2.45) is 5.92 Å². The summed E-state index contributed by atoms with van der Waals surface area (Å²) in [6.07, 6.45) is 6.06.